The number of nitrogens with one attached hydrogen (secondary N) is 1. The van der Waals surface area contributed by atoms with Crippen molar-refractivity contribution in [2.75, 3.05) is 18.5 Å². The van der Waals surface area contributed by atoms with E-state index in [2.05, 4.69) is 10.4 Å². The van der Waals surface area contributed by atoms with Crippen molar-refractivity contribution in [3.63, 3.8) is 0 Å². The first-order chi connectivity index (χ1) is 13.6. The molecule has 2 heterocycles. The number of rotatable bonds is 5. The Kier molecular flexibility index (Phi) is 4.89. The first-order valence-corrected chi connectivity index (χ1v) is 9.21. The topological polar surface area (TPSA) is 84.3 Å². The lowest BCUT2D eigenvalue weighted by Crippen LogP contribution is -2.37. The Labute approximate surface area is 161 Å². The lowest BCUT2D eigenvalue weighted by molar-refractivity contribution is -0.128. The summed E-state index contributed by atoms with van der Waals surface area (Å²) in [4.78, 5) is 43.3. The van der Waals surface area contributed by atoms with Crippen molar-refractivity contribution >= 4 is 22.7 Å². The second kappa shape index (κ2) is 7.64. The summed E-state index contributed by atoms with van der Waals surface area (Å²) in [5.41, 5.74) is 3.96. The van der Waals surface area contributed by atoms with E-state index in [9.17, 15) is 14.4 Å². The lowest BCUT2D eigenvalue weighted by atomic mass is 10.1. The molecule has 1 unspecified atom stereocenters. The number of carbonyl (C=O) groups is 2. The average molecular weight is 376 g/mol. The van der Waals surface area contributed by atoms with Crippen molar-refractivity contribution in [2.24, 2.45) is 5.92 Å². The van der Waals surface area contributed by atoms with E-state index in [-0.39, 0.29) is 23.8 Å². The van der Waals surface area contributed by atoms with Crippen LogP contribution in [-0.2, 0) is 16.0 Å². The first kappa shape index (κ1) is 17.9. The van der Waals surface area contributed by atoms with Gasteiger partial charge in [0.1, 0.15) is 6.33 Å². The number of nitrogens with zero attached hydrogens (tertiary/aromatic N) is 3. The normalized spacial score (nSPS) is 16.5. The number of hydrogen-bond acceptors (Lipinski definition) is 4. The number of aromatic nitrogens is 2. The molecule has 3 aromatic rings. The van der Waals surface area contributed by atoms with Crippen molar-refractivity contribution in [2.45, 2.75) is 12.8 Å². The van der Waals surface area contributed by atoms with Crippen molar-refractivity contribution in [3.05, 3.63) is 76.8 Å². The summed E-state index contributed by atoms with van der Waals surface area (Å²) in [5, 5.41) is 0.428. The molecule has 0 saturated carbocycles. The van der Waals surface area contributed by atoms with Crippen LogP contribution in [0.5, 0.6) is 0 Å². The molecule has 142 valence electrons. The molecule has 0 aliphatic carbocycles. The highest BCUT2D eigenvalue weighted by Gasteiger charge is 2.34. The Balaban J connectivity index is 1.41. The smallest absolute Gasteiger partial charge is 0.280 e. The molecule has 28 heavy (non-hydrogen) atoms. The van der Waals surface area contributed by atoms with Gasteiger partial charge in [0.05, 0.1) is 16.8 Å². The molecule has 0 bridgehead atoms. The molecule has 1 aliphatic heterocycles. The molecule has 7 nitrogen and oxygen atoms in total. The Morgan fingerprint density at radius 3 is 2.64 bits per heavy atom. The molecular formula is C21H20N4O3. The van der Waals surface area contributed by atoms with Gasteiger partial charge in [0.2, 0.25) is 11.8 Å². The minimum absolute atomic E-state index is 0.0416. The molecule has 7 heteroatoms. The minimum atomic E-state index is -0.485. The van der Waals surface area contributed by atoms with Gasteiger partial charge < -0.3 is 4.90 Å². The van der Waals surface area contributed by atoms with E-state index in [1.807, 2.05) is 30.3 Å². The summed E-state index contributed by atoms with van der Waals surface area (Å²) >= 11 is 0. The Hall–Kier alpha value is -3.48. The number of para-hydroxylation sites is 1. The van der Waals surface area contributed by atoms with Crippen LogP contribution in [0.4, 0.5) is 0 Å². The molecule has 1 aromatic heterocycles. The molecule has 2 aromatic carbocycles. The monoisotopic (exact) mass is 376 g/mol. The molecule has 4 rings (SSSR count). The summed E-state index contributed by atoms with van der Waals surface area (Å²) in [5.74, 6) is -0.878. The van der Waals surface area contributed by atoms with Crippen molar-refractivity contribution in [1.29, 1.82) is 0 Å². The van der Waals surface area contributed by atoms with Crippen molar-refractivity contribution in [3.8, 4) is 0 Å². The second-order valence-electron chi connectivity index (χ2n) is 6.89. The van der Waals surface area contributed by atoms with E-state index < -0.39 is 5.92 Å². The molecule has 1 aliphatic rings. The SMILES string of the molecule is O=C(Nn1cnc2ccccc2c1=O)C1CC(=O)N(CCc2ccccc2)C1. The van der Waals surface area contributed by atoms with E-state index in [0.29, 0.717) is 24.0 Å². The van der Waals surface area contributed by atoms with Crippen LogP contribution in [0.15, 0.2) is 65.7 Å². The van der Waals surface area contributed by atoms with E-state index in [1.54, 1.807) is 29.2 Å². The zero-order valence-electron chi connectivity index (χ0n) is 15.2. The molecule has 2 amide bonds. The zero-order valence-corrected chi connectivity index (χ0v) is 15.2. The third kappa shape index (κ3) is 3.64. The zero-order chi connectivity index (χ0) is 19.5. The molecule has 0 radical (unpaired) electrons. The Morgan fingerprint density at radius 1 is 1.07 bits per heavy atom. The highest BCUT2D eigenvalue weighted by Crippen LogP contribution is 2.19. The number of hydrogen-bond donors (Lipinski definition) is 1. The van der Waals surface area contributed by atoms with Gasteiger partial charge in [-0.3, -0.25) is 19.8 Å². The molecule has 1 saturated heterocycles. The van der Waals surface area contributed by atoms with Crippen LogP contribution in [0.25, 0.3) is 10.9 Å². The van der Waals surface area contributed by atoms with E-state index in [0.717, 1.165) is 16.7 Å². The fourth-order valence-corrected chi connectivity index (χ4v) is 3.43. The van der Waals surface area contributed by atoms with Crippen LogP contribution in [0, 0.1) is 5.92 Å². The largest absolute Gasteiger partial charge is 0.342 e. The van der Waals surface area contributed by atoms with Crippen LogP contribution in [0.3, 0.4) is 0 Å². The highest BCUT2D eigenvalue weighted by molar-refractivity contribution is 5.93. The van der Waals surface area contributed by atoms with E-state index in [1.165, 1.54) is 6.33 Å². The first-order valence-electron chi connectivity index (χ1n) is 9.21. The van der Waals surface area contributed by atoms with Crippen LogP contribution in [0.1, 0.15) is 12.0 Å². The summed E-state index contributed by atoms with van der Waals surface area (Å²) in [7, 11) is 0. The minimum Gasteiger partial charge on any atom is -0.342 e. The molecule has 1 fully saturated rings. The second-order valence-corrected chi connectivity index (χ2v) is 6.89. The summed E-state index contributed by atoms with van der Waals surface area (Å²) in [6.07, 6.45) is 2.19. The van der Waals surface area contributed by atoms with Gasteiger partial charge in [0.15, 0.2) is 0 Å². The van der Waals surface area contributed by atoms with Crippen LogP contribution < -0.4 is 11.0 Å². The van der Waals surface area contributed by atoms with Gasteiger partial charge in [-0.25, -0.2) is 9.66 Å². The van der Waals surface area contributed by atoms with Crippen molar-refractivity contribution < 1.29 is 9.59 Å². The predicted molar refractivity (Wildman–Crippen MR) is 105 cm³/mol. The van der Waals surface area contributed by atoms with Gasteiger partial charge in [-0.1, -0.05) is 42.5 Å². The fraction of sp³-hybridized carbons (Fsp3) is 0.238. The molecule has 1 N–H and O–H groups in total. The van der Waals surface area contributed by atoms with Gasteiger partial charge in [-0.15, -0.1) is 0 Å². The molecule has 1 atom stereocenters. The van der Waals surface area contributed by atoms with Gasteiger partial charge >= 0.3 is 0 Å². The fourth-order valence-electron chi connectivity index (χ4n) is 3.43. The van der Waals surface area contributed by atoms with Gasteiger partial charge in [-0.2, -0.15) is 0 Å². The van der Waals surface area contributed by atoms with E-state index in [4.69, 9.17) is 0 Å². The van der Waals surface area contributed by atoms with E-state index >= 15 is 0 Å². The number of carbonyl (C=O) groups excluding carboxylic acids is 2. The van der Waals surface area contributed by atoms with Crippen LogP contribution in [0.2, 0.25) is 0 Å². The quantitative estimate of drug-likeness (QED) is 0.732. The van der Waals surface area contributed by atoms with Crippen LogP contribution in [-0.4, -0.2) is 39.5 Å². The van der Waals surface area contributed by atoms with Gasteiger partial charge in [0, 0.05) is 19.5 Å². The number of benzene rings is 2. The summed E-state index contributed by atoms with van der Waals surface area (Å²) < 4.78 is 1.09. The highest BCUT2D eigenvalue weighted by atomic mass is 16.2. The maximum absolute atomic E-state index is 12.6. The van der Waals surface area contributed by atoms with Gasteiger partial charge in [0.25, 0.3) is 5.56 Å². The number of likely N-dealkylation sites (tertiary alicyclic amines) is 1. The third-order valence-electron chi connectivity index (χ3n) is 4.99. The lowest BCUT2D eigenvalue weighted by Gasteiger charge is -2.17. The Bertz CT molecular complexity index is 1080. The molecule has 0 spiro atoms. The maximum atomic E-state index is 12.6. The van der Waals surface area contributed by atoms with Gasteiger partial charge in [-0.05, 0) is 24.1 Å². The Morgan fingerprint density at radius 2 is 1.82 bits per heavy atom. The number of fused-ring (bicyclic) bond motifs is 1. The number of amides is 2. The summed E-state index contributed by atoms with van der Waals surface area (Å²) in [6, 6.07) is 16.9. The average Bonchev–Trinajstić information content (AvgIpc) is 3.10. The van der Waals surface area contributed by atoms with Crippen molar-refractivity contribution in [1.82, 2.24) is 14.6 Å². The third-order valence-corrected chi connectivity index (χ3v) is 4.99. The summed E-state index contributed by atoms with van der Waals surface area (Å²) in [6.45, 7) is 0.928. The predicted octanol–water partition coefficient (Wildman–Crippen LogP) is 1.56. The molecular weight excluding hydrogens is 356 g/mol. The van der Waals surface area contributed by atoms with Crippen LogP contribution >= 0.6 is 0 Å². The standard InChI is InChI=1S/C21H20N4O3/c26-19-12-16(13-24(19)11-10-15-6-2-1-3-7-15)20(27)23-25-14-22-18-9-5-4-8-17(18)21(25)28/h1-9,14,16H,10-13H2,(H,23,27). The maximum Gasteiger partial charge on any atom is 0.280 e.